The van der Waals surface area contributed by atoms with Crippen molar-refractivity contribution in [3.63, 3.8) is 0 Å². The summed E-state index contributed by atoms with van der Waals surface area (Å²) in [7, 11) is -0.125. The van der Waals surface area contributed by atoms with Crippen molar-refractivity contribution in [2.75, 3.05) is 7.11 Å². The molecule has 4 nitrogen and oxygen atoms in total. The lowest BCUT2D eigenvalue weighted by Gasteiger charge is -2.11. The average molecular weight is 290 g/mol. The molecule has 6 heteroatoms. The van der Waals surface area contributed by atoms with E-state index in [1.54, 1.807) is 13.2 Å². The van der Waals surface area contributed by atoms with E-state index in [-0.39, 0.29) is 12.1 Å². The highest BCUT2D eigenvalue weighted by Gasteiger charge is 2.17. The highest BCUT2D eigenvalue weighted by Crippen LogP contribution is 2.15. The molecule has 110 valence electrons. The van der Waals surface area contributed by atoms with Gasteiger partial charge in [0, 0.05) is 7.11 Å². The van der Waals surface area contributed by atoms with Crippen molar-refractivity contribution >= 4 is 12.6 Å². The quantitative estimate of drug-likeness (QED) is 0.786. The Morgan fingerprint density at radius 2 is 1.90 bits per heavy atom. The van der Waals surface area contributed by atoms with Crippen molar-refractivity contribution in [2.24, 2.45) is 0 Å². The van der Waals surface area contributed by atoms with Gasteiger partial charge in [0.2, 0.25) is 0 Å². The monoisotopic (exact) mass is 290 g/mol. The predicted octanol–water partition coefficient (Wildman–Crippen LogP) is 1.23. The number of methoxy groups -OCH3 is 1. The number of hydrogen-bond acceptors (Lipinski definition) is 4. The zero-order chi connectivity index (χ0) is 15.2. The van der Waals surface area contributed by atoms with Gasteiger partial charge in [0.05, 0.1) is 6.61 Å². The molecule has 0 aliphatic rings. The molecule has 0 fully saturated rings. The van der Waals surface area contributed by atoms with E-state index in [0.29, 0.717) is 17.9 Å². The fraction of sp³-hybridized carbons (Fsp3) is 0.200. The van der Waals surface area contributed by atoms with Gasteiger partial charge in [-0.3, -0.25) is 0 Å². The molecule has 0 aliphatic heterocycles. The molecule has 0 heterocycles. The minimum absolute atomic E-state index is 0.100. The summed E-state index contributed by atoms with van der Waals surface area (Å²) in [5.74, 6) is 0.108. The molecular weight excluding hydrogens is 274 g/mol. The zero-order valence-electron chi connectivity index (χ0n) is 11.6. The van der Waals surface area contributed by atoms with Gasteiger partial charge in [-0.15, -0.1) is 0 Å². The summed E-state index contributed by atoms with van der Waals surface area (Å²) in [6.07, 6.45) is 0. The number of rotatable bonds is 6. The Morgan fingerprint density at radius 3 is 2.62 bits per heavy atom. The largest absolute Gasteiger partial charge is 0.489 e. The van der Waals surface area contributed by atoms with Crippen LogP contribution < -0.4 is 10.2 Å². The Balaban J connectivity index is 2.11. The van der Waals surface area contributed by atoms with Crippen LogP contribution in [0.2, 0.25) is 0 Å². The summed E-state index contributed by atoms with van der Waals surface area (Å²) in [4.78, 5) is 0. The fourth-order valence-corrected chi connectivity index (χ4v) is 1.99. The second-order valence-corrected chi connectivity index (χ2v) is 4.59. The average Bonchev–Trinajstić information content (AvgIpc) is 2.46. The van der Waals surface area contributed by atoms with Crippen molar-refractivity contribution in [2.45, 2.75) is 13.2 Å². The molecule has 0 unspecified atom stereocenters. The van der Waals surface area contributed by atoms with Crippen molar-refractivity contribution in [1.29, 1.82) is 0 Å². The number of benzene rings is 2. The third-order valence-electron chi connectivity index (χ3n) is 2.99. The van der Waals surface area contributed by atoms with Crippen molar-refractivity contribution < 1.29 is 23.9 Å². The van der Waals surface area contributed by atoms with Gasteiger partial charge in [0.25, 0.3) is 0 Å². The molecular formula is C15H16BFO4. The molecule has 2 rings (SSSR count). The van der Waals surface area contributed by atoms with Crippen LogP contribution in [-0.2, 0) is 18.0 Å². The lowest BCUT2D eigenvalue weighted by molar-refractivity contribution is 0.184. The van der Waals surface area contributed by atoms with E-state index in [0.717, 1.165) is 11.6 Å². The lowest BCUT2D eigenvalue weighted by atomic mass is 9.77. The van der Waals surface area contributed by atoms with E-state index in [2.05, 4.69) is 0 Å². The van der Waals surface area contributed by atoms with Crippen LogP contribution >= 0.6 is 0 Å². The maximum absolute atomic E-state index is 13.1. The van der Waals surface area contributed by atoms with Crippen LogP contribution in [0.25, 0.3) is 0 Å². The summed E-state index contributed by atoms with van der Waals surface area (Å²) in [6, 6.07) is 11.2. The van der Waals surface area contributed by atoms with E-state index in [1.807, 2.05) is 18.2 Å². The summed E-state index contributed by atoms with van der Waals surface area (Å²) in [6.45, 7) is 0.595. The SMILES string of the molecule is COCc1cccc(OCc2ccc(F)cc2B(O)O)c1. The van der Waals surface area contributed by atoms with Crippen LogP contribution in [0, 0.1) is 5.82 Å². The van der Waals surface area contributed by atoms with Gasteiger partial charge in [-0.1, -0.05) is 18.2 Å². The van der Waals surface area contributed by atoms with Gasteiger partial charge < -0.3 is 19.5 Å². The molecule has 0 saturated carbocycles. The minimum Gasteiger partial charge on any atom is -0.489 e. The molecule has 2 N–H and O–H groups in total. The maximum atomic E-state index is 13.1. The molecule has 0 atom stereocenters. The Bertz CT molecular complexity index is 604. The standard InChI is InChI=1S/C15H16BFO4/c1-20-9-11-3-2-4-14(7-11)21-10-12-5-6-13(17)8-15(12)16(18)19/h2-8,18-19H,9-10H2,1H3. The van der Waals surface area contributed by atoms with Crippen LogP contribution in [0.1, 0.15) is 11.1 Å². The number of ether oxygens (including phenoxy) is 2. The Hall–Kier alpha value is -1.89. The normalized spacial score (nSPS) is 10.5. The van der Waals surface area contributed by atoms with Crippen LogP contribution in [0.15, 0.2) is 42.5 Å². The second-order valence-electron chi connectivity index (χ2n) is 4.59. The van der Waals surface area contributed by atoms with Crippen LogP contribution in [0.4, 0.5) is 4.39 Å². The van der Waals surface area contributed by atoms with Crippen molar-refractivity contribution in [3.05, 3.63) is 59.4 Å². The smallest absolute Gasteiger partial charge is 0.488 e. The van der Waals surface area contributed by atoms with E-state index >= 15 is 0 Å². The van der Waals surface area contributed by atoms with Crippen LogP contribution in [-0.4, -0.2) is 24.3 Å². The third kappa shape index (κ3) is 4.29. The Kier molecular flexibility index (Phi) is 5.33. The predicted molar refractivity (Wildman–Crippen MR) is 77.7 cm³/mol. The molecule has 0 aliphatic carbocycles. The summed E-state index contributed by atoms with van der Waals surface area (Å²) in [5, 5.41) is 18.5. The highest BCUT2D eigenvalue weighted by atomic mass is 19.1. The molecule has 0 radical (unpaired) electrons. The molecule has 2 aromatic carbocycles. The summed E-state index contributed by atoms with van der Waals surface area (Å²) >= 11 is 0. The number of halogens is 1. The molecule has 0 amide bonds. The second kappa shape index (κ2) is 7.22. The minimum atomic E-state index is -1.74. The van der Waals surface area contributed by atoms with E-state index in [1.165, 1.54) is 12.1 Å². The molecule has 21 heavy (non-hydrogen) atoms. The first-order chi connectivity index (χ1) is 10.1. The highest BCUT2D eigenvalue weighted by molar-refractivity contribution is 6.59. The van der Waals surface area contributed by atoms with Gasteiger partial charge in [-0.2, -0.15) is 0 Å². The maximum Gasteiger partial charge on any atom is 0.488 e. The first-order valence-electron chi connectivity index (χ1n) is 6.45. The molecule has 0 saturated heterocycles. The van der Waals surface area contributed by atoms with Gasteiger partial charge in [0.1, 0.15) is 18.2 Å². The van der Waals surface area contributed by atoms with Gasteiger partial charge in [-0.25, -0.2) is 4.39 Å². The molecule has 0 aromatic heterocycles. The van der Waals surface area contributed by atoms with E-state index in [9.17, 15) is 14.4 Å². The van der Waals surface area contributed by atoms with Gasteiger partial charge in [-0.05, 0) is 40.9 Å². The Morgan fingerprint density at radius 1 is 1.10 bits per heavy atom. The first kappa shape index (κ1) is 15.5. The van der Waals surface area contributed by atoms with E-state index in [4.69, 9.17) is 9.47 Å². The molecule has 0 spiro atoms. The fourth-order valence-electron chi connectivity index (χ4n) is 1.99. The van der Waals surface area contributed by atoms with Gasteiger partial charge >= 0.3 is 7.12 Å². The van der Waals surface area contributed by atoms with Gasteiger partial charge in [0.15, 0.2) is 0 Å². The summed E-state index contributed by atoms with van der Waals surface area (Å²) in [5.41, 5.74) is 1.59. The lowest BCUT2D eigenvalue weighted by Crippen LogP contribution is -2.34. The van der Waals surface area contributed by atoms with Crippen molar-refractivity contribution in [1.82, 2.24) is 0 Å². The van der Waals surface area contributed by atoms with Crippen molar-refractivity contribution in [3.8, 4) is 5.75 Å². The molecule has 2 aromatic rings. The summed E-state index contributed by atoms with van der Waals surface area (Å²) < 4.78 is 23.8. The van der Waals surface area contributed by atoms with Crippen LogP contribution in [0.5, 0.6) is 5.75 Å². The zero-order valence-corrected chi connectivity index (χ0v) is 11.6. The van der Waals surface area contributed by atoms with E-state index < -0.39 is 12.9 Å². The first-order valence-corrected chi connectivity index (χ1v) is 6.45. The third-order valence-corrected chi connectivity index (χ3v) is 2.99. The van der Waals surface area contributed by atoms with Crippen LogP contribution in [0.3, 0.4) is 0 Å². The topological polar surface area (TPSA) is 58.9 Å². The molecule has 0 bridgehead atoms. The number of hydrogen-bond donors (Lipinski definition) is 2. The Labute approximate surface area is 122 Å².